The third-order valence-electron chi connectivity index (χ3n) is 1.88. The number of hydrogen-bond acceptors (Lipinski definition) is 3. The van der Waals surface area contributed by atoms with Crippen molar-refractivity contribution in [3.63, 3.8) is 0 Å². The van der Waals surface area contributed by atoms with Crippen molar-refractivity contribution in [3.05, 3.63) is 23.3 Å². The van der Waals surface area contributed by atoms with Gasteiger partial charge in [-0.25, -0.2) is 9.97 Å². The van der Waals surface area contributed by atoms with Crippen LogP contribution >= 0.6 is 11.3 Å². The lowest BCUT2D eigenvalue weighted by atomic mass is 10.1. The molecule has 0 aliphatic rings. The minimum absolute atomic E-state index is 0.552. The van der Waals surface area contributed by atoms with Crippen molar-refractivity contribution < 1.29 is 0 Å². The van der Waals surface area contributed by atoms with Gasteiger partial charge in [0.05, 0.1) is 10.2 Å². The quantitative estimate of drug-likeness (QED) is 0.671. The summed E-state index contributed by atoms with van der Waals surface area (Å²) >= 11 is 1.67. The van der Waals surface area contributed by atoms with E-state index in [1.165, 1.54) is 10.3 Å². The van der Waals surface area contributed by atoms with Crippen LogP contribution in [-0.4, -0.2) is 9.97 Å². The maximum Gasteiger partial charge on any atom is 0.170 e. The molecule has 0 unspecified atom stereocenters. The summed E-state index contributed by atoms with van der Waals surface area (Å²) in [7, 11) is 0. The monoisotopic (exact) mass is 178 g/mol. The zero-order chi connectivity index (χ0) is 8.55. The minimum atomic E-state index is 0.552. The van der Waals surface area contributed by atoms with E-state index in [0.717, 1.165) is 5.65 Å². The Hall–Kier alpha value is -0.960. The van der Waals surface area contributed by atoms with Crippen LogP contribution in [0.15, 0.2) is 17.8 Å². The summed E-state index contributed by atoms with van der Waals surface area (Å²) in [6.07, 6.45) is 1.83. The summed E-state index contributed by atoms with van der Waals surface area (Å²) < 4.78 is 1.23. The Labute approximate surface area is 75.3 Å². The Kier molecular flexibility index (Phi) is 1.81. The SMILES string of the molecule is CC(C)c1ccnc2ncsc12. The fraction of sp³-hybridized carbons (Fsp3) is 0.333. The highest BCUT2D eigenvalue weighted by Gasteiger charge is 2.06. The largest absolute Gasteiger partial charge is 0.236 e. The van der Waals surface area contributed by atoms with E-state index in [0.29, 0.717) is 5.92 Å². The summed E-state index contributed by atoms with van der Waals surface area (Å²) in [5.41, 5.74) is 4.08. The van der Waals surface area contributed by atoms with Crippen molar-refractivity contribution in [2.75, 3.05) is 0 Å². The molecule has 2 heterocycles. The maximum atomic E-state index is 4.18. The molecular formula is C9H10N2S. The van der Waals surface area contributed by atoms with Gasteiger partial charge in [0.2, 0.25) is 0 Å². The van der Waals surface area contributed by atoms with Gasteiger partial charge >= 0.3 is 0 Å². The van der Waals surface area contributed by atoms with E-state index in [1.54, 1.807) is 11.3 Å². The number of aromatic nitrogens is 2. The molecule has 0 aliphatic heterocycles. The first-order valence-corrected chi connectivity index (χ1v) is 4.85. The molecule has 2 rings (SSSR count). The van der Waals surface area contributed by atoms with Crippen LogP contribution in [0.25, 0.3) is 10.3 Å². The lowest BCUT2D eigenvalue weighted by Crippen LogP contribution is -1.88. The van der Waals surface area contributed by atoms with Crippen molar-refractivity contribution in [1.29, 1.82) is 0 Å². The van der Waals surface area contributed by atoms with Gasteiger partial charge in [0.15, 0.2) is 5.65 Å². The van der Waals surface area contributed by atoms with Crippen molar-refractivity contribution in [3.8, 4) is 0 Å². The van der Waals surface area contributed by atoms with E-state index < -0.39 is 0 Å². The van der Waals surface area contributed by atoms with Gasteiger partial charge in [-0.05, 0) is 17.5 Å². The molecule has 0 atom stereocenters. The lowest BCUT2D eigenvalue weighted by molar-refractivity contribution is 0.876. The lowest BCUT2D eigenvalue weighted by Gasteiger charge is -2.03. The summed E-state index contributed by atoms with van der Waals surface area (Å²) in [5.74, 6) is 0.552. The average Bonchev–Trinajstić information content (AvgIpc) is 2.49. The molecule has 0 spiro atoms. The fourth-order valence-electron chi connectivity index (χ4n) is 1.25. The second kappa shape index (κ2) is 2.83. The van der Waals surface area contributed by atoms with Crippen LogP contribution < -0.4 is 0 Å². The molecule has 0 bridgehead atoms. The van der Waals surface area contributed by atoms with Gasteiger partial charge in [-0.1, -0.05) is 13.8 Å². The van der Waals surface area contributed by atoms with Crippen LogP contribution in [0.4, 0.5) is 0 Å². The Morgan fingerprint density at radius 3 is 2.92 bits per heavy atom. The third kappa shape index (κ3) is 1.10. The van der Waals surface area contributed by atoms with E-state index in [9.17, 15) is 0 Å². The summed E-state index contributed by atoms with van der Waals surface area (Å²) in [5, 5.41) is 0. The van der Waals surface area contributed by atoms with Crippen LogP contribution in [0.5, 0.6) is 0 Å². The van der Waals surface area contributed by atoms with E-state index in [-0.39, 0.29) is 0 Å². The van der Waals surface area contributed by atoms with Crippen molar-refractivity contribution >= 4 is 21.7 Å². The highest BCUT2D eigenvalue weighted by atomic mass is 32.1. The normalized spacial score (nSPS) is 11.2. The van der Waals surface area contributed by atoms with Crippen LogP contribution in [0.1, 0.15) is 25.3 Å². The first-order chi connectivity index (χ1) is 5.79. The molecular weight excluding hydrogens is 168 g/mol. The van der Waals surface area contributed by atoms with Crippen molar-refractivity contribution in [2.24, 2.45) is 0 Å². The molecule has 0 N–H and O–H groups in total. The Balaban J connectivity index is 2.73. The highest BCUT2D eigenvalue weighted by molar-refractivity contribution is 7.16. The zero-order valence-corrected chi connectivity index (χ0v) is 7.93. The fourth-order valence-corrected chi connectivity index (χ4v) is 2.16. The molecule has 12 heavy (non-hydrogen) atoms. The number of rotatable bonds is 1. The highest BCUT2D eigenvalue weighted by Crippen LogP contribution is 2.25. The molecule has 0 saturated carbocycles. The number of fused-ring (bicyclic) bond motifs is 1. The average molecular weight is 178 g/mol. The second-order valence-corrected chi connectivity index (χ2v) is 3.91. The molecule has 0 saturated heterocycles. The second-order valence-electron chi connectivity index (χ2n) is 3.06. The van der Waals surface area contributed by atoms with E-state index in [4.69, 9.17) is 0 Å². The Bertz CT molecular complexity index is 392. The molecule has 0 aliphatic carbocycles. The van der Waals surface area contributed by atoms with Gasteiger partial charge in [-0.3, -0.25) is 0 Å². The standard InChI is InChI=1S/C9H10N2S/c1-6(2)7-3-4-10-9-8(7)12-5-11-9/h3-6H,1-2H3. The number of pyridine rings is 1. The Morgan fingerprint density at radius 1 is 1.33 bits per heavy atom. The van der Waals surface area contributed by atoms with E-state index in [2.05, 4.69) is 29.9 Å². The molecule has 3 heteroatoms. The molecule has 0 fully saturated rings. The molecule has 2 aromatic heterocycles. The van der Waals surface area contributed by atoms with Crippen molar-refractivity contribution in [1.82, 2.24) is 9.97 Å². The van der Waals surface area contributed by atoms with Gasteiger partial charge in [0.1, 0.15) is 0 Å². The first-order valence-electron chi connectivity index (χ1n) is 3.97. The van der Waals surface area contributed by atoms with Crippen LogP contribution in [0.2, 0.25) is 0 Å². The van der Waals surface area contributed by atoms with Gasteiger partial charge in [-0.2, -0.15) is 0 Å². The first kappa shape index (κ1) is 7.68. The summed E-state index contributed by atoms with van der Waals surface area (Å²) in [4.78, 5) is 8.35. The van der Waals surface area contributed by atoms with Gasteiger partial charge in [0.25, 0.3) is 0 Å². The number of thiazole rings is 1. The predicted octanol–water partition coefficient (Wildman–Crippen LogP) is 2.81. The molecule has 0 radical (unpaired) electrons. The smallest absolute Gasteiger partial charge is 0.170 e. The number of nitrogens with zero attached hydrogens (tertiary/aromatic N) is 2. The molecule has 0 aromatic carbocycles. The third-order valence-corrected chi connectivity index (χ3v) is 2.75. The summed E-state index contributed by atoms with van der Waals surface area (Å²) in [6.45, 7) is 4.38. The predicted molar refractivity (Wildman–Crippen MR) is 51.5 cm³/mol. The Morgan fingerprint density at radius 2 is 2.17 bits per heavy atom. The van der Waals surface area contributed by atoms with Crippen molar-refractivity contribution in [2.45, 2.75) is 19.8 Å². The maximum absolute atomic E-state index is 4.18. The minimum Gasteiger partial charge on any atom is -0.236 e. The zero-order valence-electron chi connectivity index (χ0n) is 7.11. The van der Waals surface area contributed by atoms with Gasteiger partial charge < -0.3 is 0 Å². The van der Waals surface area contributed by atoms with Crippen LogP contribution in [-0.2, 0) is 0 Å². The summed E-state index contributed by atoms with van der Waals surface area (Å²) in [6, 6.07) is 2.07. The van der Waals surface area contributed by atoms with E-state index in [1.807, 2.05) is 11.7 Å². The van der Waals surface area contributed by atoms with Gasteiger partial charge in [-0.15, -0.1) is 11.3 Å². The van der Waals surface area contributed by atoms with E-state index >= 15 is 0 Å². The molecule has 2 nitrogen and oxygen atoms in total. The molecule has 0 amide bonds. The topological polar surface area (TPSA) is 25.8 Å². The van der Waals surface area contributed by atoms with Crippen LogP contribution in [0.3, 0.4) is 0 Å². The molecule has 2 aromatic rings. The molecule has 62 valence electrons. The number of hydrogen-bond donors (Lipinski definition) is 0. The van der Waals surface area contributed by atoms with Crippen LogP contribution in [0, 0.1) is 0 Å². The van der Waals surface area contributed by atoms with Gasteiger partial charge in [0, 0.05) is 6.20 Å².